The lowest BCUT2D eigenvalue weighted by molar-refractivity contribution is -0.110. The summed E-state index contributed by atoms with van der Waals surface area (Å²) in [5.41, 5.74) is 2.83. The van der Waals surface area contributed by atoms with E-state index in [0.29, 0.717) is 28.1 Å². The van der Waals surface area contributed by atoms with E-state index in [-0.39, 0.29) is 5.91 Å². The van der Waals surface area contributed by atoms with Gasteiger partial charge in [0.1, 0.15) is 5.76 Å². The Balaban J connectivity index is 2.20. The number of carbonyl (C=O) groups excluding carboxylic acids is 2. The first-order valence-corrected chi connectivity index (χ1v) is 7.03. The molecule has 1 aliphatic heterocycles. The van der Waals surface area contributed by atoms with Crippen LogP contribution in [-0.4, -0.2) is 26.1 Å². The van der Waals surface area contributed by atoms with E-state index in [1.807, 2.05) is 30.3 Å². The summed E-state index contributed by atoms with van der Waals surface area (Å²) in [6, 6.07) is 14.3. The van der Waals surface area contributed by atoms with Crippen LogP contribution >= 0.6 is 0 Å². The minimum absolute atomic E-state index is 0.261. The first-order chi connectivity index (χ1) is 11.2. The zero-order chi connectivity index (χ0) is 16.4. The van der Waals surface area contributed by atoms with Crippen molar-refractivity contribution in [3.8, 4) is 0 Å². The zero-order valence-electron chi connectivity index (χ0n) is 12.8. The lowest BCUT2D eigenvalue weighted by atomic mass is 10.00. The molecule has 0 saturated carbocycles. The fourth-order valence-corrected chi connectivity index (χ4v) is 2.59. The lowest BCUT2D eigenvalue weighted by Crippen LogP contribution is -2.06. The molecule has 3 rings (SSSR count). The molecule has 0 aliphatic carbocycles. The van der Waals surface area contributed by atoms with Crippen LogP contribution in [0.1, 0.15) is 21.5 Å². The summed E-state index contributed by atoms with van der Waals surface area (Å²) >= 11 is 0. The molecule has 0 fully saturated rings. The summed E-state index contributed by atoms with van der Waals surface area (Å²) in [4.78, 5) is 24.1. The van der Waals surface area contributed by atoms with Gasteiger partial charge in [-0.05, 0) is 18.2 Å². The molecule has 5 nitrogen and oxygen atoms in total. The predicted molar refractivity (Wildman–Crippen MR) is 86.7 cm³/mol. The highest BCUT2D eigenvalue weighted by Gasteiger charge is 2.30. The summed E-state index contributed by atoms with van der Waals surface area (Å²) in [6.07, 6.45) is 0. The molecule has 1 N–H and O–H groups in total. The van der Waals surface area contributed by atoms with Gasteiger partial charge in [-0.15, -0.1) is 0 Å². The normalized spacial score (nSPS) is 14.8. The average Bonchev–Trinajstić information content (AvgIpc) is 2.91. The van der Waals surface area contributed by atoms with E-state index in [1.165, 1.54) is 14.2 Å². The second kappa shape index (κ2) is 5.96. The van der Waals surface area contributed by atoms with Crippen LogP contribution in [0.4, 0.5) is 5.69 Å². The fourth-order valence-electron chi connectivity index (χ4n) is 2.59. The summed E-state index contributed by atoms with van der Waals surface area (Å²) in [7, 11) is 2.84. The van der Waals surface area contributed by atoms with E-state index < -0.39 is 5.97 Å². The van der Waals surface area contributed by atoms with Crippen LogP contribution in [0, 0.1) is 0 Å². The summed E-state index contributed by atoms with van der Waals surface area (Å²) < 4.78 is 10.2. The standard InChI is InChI=1S/C18H15NO4/c1-22-16(11-6-4-3-5-7-11)15-13-10-12(18(21)23-2)8-9-14(13)19-17(15)20/h3-10H,1-2H3,(H,19,20)/b16-15+. The Kier molecular flexibility index (Phi) is 3.85. The van der Waals surface area contributed by atoms with Crippen LogP contribution < -0.4 is 5.32 Å². The van der Waals surface area contributed by atoms with Crippen molar-refractivity contribution in [3.63, 3.8) is 0 Å². The maximum Gasteiger partial charge on any atom is 0.337 e. The van der Waals surface area contributed by atoms with Crippen molar-refractivity contribution in [2.75, 3.05) is 19.5 Å². The fraction of sp³-hybridized carbons (Fsp3) is 0.111. The Bertz CT molecular complexity index is 809. The highest BCUT2D eigenvalue weighted by molar-refractivity contribution is 6.36. The first kappa shape index (κ1) is 14.8. The topological polar surface area (TPSA) is 64.6 Å². The van der Waals surface area contributed by atoms with Gasteiger partial charge in [-0.3, -0.25) is 4.79 Å². The largest absolute Gasteiger partial charge is 0.495 e. The third kappa shape index (κ3) is 2.57. The molecule has 2 aromatic rings. The van der Waals surface area contributed by atoms with Crippen LogP contribution in [0.5, 0.6) is 0 Å². The third-order valence-electron chi connectivity index (χ3n) is 3.65. The molecule has 0 radical (unpaired) electrons. The van der Waals surface area contributed by atoms with Crippen molar-refractivity contribution in [1.29, 1.82) is 0 Å². The van der Waals surface area contributed by atoms with Crippen molar-refractivity contribution in [2.45, 2.75) is 0 Å². The summed E-state index contributed by atoms with van der Waals surface area (Å²) in [6.45, 7) is 0. The van der Waals surface area contributed by atoms with E-state index in [2.05, 4.69) is 5.32 Å². The summed E-state index contributed by atoms with van der Waals surface area (Å²) in [5.74, 6) is -0.253. The molecule has 0 saturated heterocycles. The summed E-state index contributed by atoms with van der Waals surface area (Å²) in [5, 5.41) is 2.79. The molecule has 0 unspecified atom stereocenters. The maximum atomic E-state index is 12.4. The third-order valence-corrected chi connectivity index (χ3v) is 3.65. The van der Waals surface area contributed by atoms with Gasteiger partial charge in [0, 0.05) is 16.8 Å². The van der Waals surface area contributed by atoms with Gasteiger partial charge in [0.25, 0.3) is 5.91 Å². The molecule has 0 bridgehead atoms. The monoisotopic (exact) mass is 309 g/mol. The first-order valence-electron chi connectivity index (χ1n) is 7.03. The molecule has 0 atom stereocenters. The van der Waals surface area contributed by atoms with Crippen LogP contribution in [0.15, 0.2) is 48.5 Å². The minimum Gasteiger partial charge on any atom is -0.495 e. The van der Waals surface area contributed by atoms with Crippen molar-refractivity contribution >= 4 is 28.9 Å². The molecule has 0 spiro atoms. The number of rotatable bonds is 3. The number of fused-ring (bicyclic) bond motifs is 1. The number of carbonyl (C=O) groups is 2. The number of amides is 1. The highest BCUT2D eigenvalue weighted by Crippen LogP contribution is 2.37. The maximum absolute atomic E-state index is 12.4. The Labute approximate surface area is 133 Å². The van der Waals surface area contributed by atoms with E-state index in [0.717, 1.165) is 5.56 Å². The molecule has 2 aromatic carbocycles. The molecular weight excluding hydrogens is 294 g/mol. The Hall–Kier alpha value is -3.08. The molecule has 1 aliphatic rings. The van der Waals surface area contributed by atoms with Gasteiger partial charge in [0.2, 0.25) is 0 Å². The van der Waals surface area contributed by atoms with Crippen LogP contribution in [-0.2, 0) is 14.3 Å². The van der Waals surface area contributed by atoms with E-state index in [9.17, 15) is 9.59 Å². The van der Waals surface area contributed by atoms with Crippen molar-refractivity contribution in [1.82, 2.24) is 0 Å². The molecule has 116 valence electrons. The number of nitrogens with one attached hydrogen (secondary N) is 1. The van der Waals surface area contributed by atoms with Gasteiger partial charge in [-0.2, -0.15) is 0 Å². The van der Waals surface area contributed by atoms with Crippen LogP contribution in [0.3, 0.4) is 0 Å². The van der Waals surface area contributed by atoms with E-state index in [1.54, 1.807) is 18.2 Å². The number of benzene rings is 2. The highest BCUT2D eigenvalue weighted by atomic mass is 16.5. The number of ether oxygens (including phenoxy) is 2. The molecule has 1 amide bonds. The Morgan fingerprint density at radius 2 is 1.70 bits per heavy atom. The molecule has 5 heteroatoms. The quantitative estimate of drug-likeness (QED) is 0.538. The minimum atomic E-state index is -0.454. The Morgan fingerprint density at radius 3 is 2.35 bits per heavy atom. The van der Waals surface area contributed by atoms with E-state index in [4.69, 9.17) is 9.47 Å². The Morgan fingerprint density at radius 1 is 0.957 bits per heavy atom. The smallest absolute Gasteiger partial charge is 0.337 e. The zero-order valence-corrected chi connectivity index (χ0v) is 12.8. The van der Waals surface area contributed by atoms with Gasteiger partial charge in [-0.1, -0.05) is 30.3 Å². The SMILES string of the molecule is COC(=O)c1ccc2c(c1)/C(=C(\OC)c1ccccc1)C(=O)N2. The average molecular weight is 309 g/mol. The van der Waals surface area contributed by atoms with Crippen molar-refractivity contribution < 1.29 is 19.1 Å². The molecule has 0 aromatic heterocycles. The molecule has 23 heavy (non-hydrogen) atoms. The van der Waals surface area contributed by atoms with Crippen LogP contribution in [0.25, 0.3) is 11.3 Å². The van der Waals surface area contributed by atoms with Crippen LogP contribution in [0.2, 0.25) is 0 Å². The van der Waals surface area contributed by atoms with Gasteiger partial charge in [-0.25, -0.2) is 4.79 Å². The number of esters is 1. The molecule has 1 heterocycles. The van der Waals surface area contributed by atoms with Gasteiger partial charge in [0.15, 0.2) is 0 Å². The van der Waals surface area contributed by atoms with Crippen molar-refractivity contribution in [2.24, 2.45) is 0 Å². The predicted octanol–water partition coefficient (Wildman–Crippen LogP) is 2.94. The van der Waals surface area contributed by atoms with Crippen molar-refractivity contribution in [3.05, 3.63) is 65.2 Å². The number of anilines is 1. The second-order valence-electron chi connectivity index (χ2n) is 4.98. The van der Waals surface area contributed by atoms with E-state index >= 15 is 0 Å². The van der Waals surface area contributed by atoms with Gasteiger partial charge < -0.3 is 14.8 Å². The van der Waals surface area contributed by atoms with Gasteiger partial charge in [0.05, 0.1) is 25.4 Å². The van der Waals surface area contributed by atoms with Gasteiger partial charge >= 0.3 is 5.97 Å². The number of methoxy groups -OCH3 is 2. The second-order valence-corrected chi connectivity index (χ2v) is 4.98. The number of hydrogen-bond donors (Lipinski definition) is 1. The lowest BCUT2D eigenvalue weighted by Gasteiger charge is -2.10. The number of hydrogen-bond acceptors (Lipinski definition) is 4. The molecular formula is C18H15NO4.